The first-order valence-corrected chi connectivity index (χ1v) is 4.59. The molecule has 14 heavy (non-hydrogen) atoms. The van der Waals surface area contributed by atoms with Crippen molar-refractivity contribution in [1.82, 2.24) is 10.6 Å². The molecule has 1 aliphatic heterocycles. The van der Waals surface area contributed by atoms with Gasteiger partial charge in [-0.25, -0.2) is 0 Å². The van der Waals surface area contributed by atoms with Gasteiger partial charge in [0.2, 0.25) is 0 Å². The number of hydrogen-bond donors (Lipinski definition) is 3. The van der Waals surface area contributed by atoms with E-state index in [1.807, 2.05) is 18.2 Å². The van der Waals surface area contributed by atoms with Crippen molar-refractivity contribution in [3.63, 3.8) is 0 Å². The molecule has 0 radical (unpaired) electrons. The summed E-state index contributed by atoms with van der Waals surface area (Å²) in [4.78, 5) is 0. The van der Waals surface area contributed by atoms with Crippen LogP contribution in [0.25, 0.3) is 0 Å². The molecule has 1 fully saturated rings. The molecule has 0 aliphatic carbocycles. The fourth-order valence-electron chi connectivity index (χ4n) is 1.63. The number of phenols is 1. The van der Waals surface area contributed by atoms with Gasteiger partial charge >= 0.3 is 0 Å². The molecular formula is C10H15ClN2O. The van der Waals surface area contributed by atoms with Crippen LogP contribution < -0.4 is 10.6 Å². The second-order valence-electron chi connectivity index (χ2n) is 3.31. The van der Waals surface area contributed by atoms with E-state index in [-0.39, 0.29) is 12.4 Å². The molecule has 1 heterocycles. The summed E-state index contributed by atoms with van der Waals surface area (Å²) in [7, 11) is 0. The van der Waals surface area contributed by atoms with E-state index in [0.717, 1.165) is 25.2 Å². The molecule has 0 bridgehead atoms. The van der Waals surface area contributed by atoms with Crippen LogP contribution >= 0.6 is 12.4 Å². The summed E-state index contributed by atoms with van der Waals surface area (Å²) in [5.41, 5.74) is 1.15. The van der Waals surface area contributed by atoms with Crippen LogP contribution in [0.15, 0.2) is 24.3 Å². The summed E-state index contributed by atoms with van der Waals surface area (Å²) >= 11 is 0. The van der Waals surface area contributed by atoms with Gasteiger partial charge in [-0.1, -0.05) is 12.1 Å². The molecule has 2 rings (SSSR count). The van der Waals surface area contributed by atoms with Gasteiger partial charge in [0.05, 0.1) is 0 Å². The highest BCUT2D eigenvalue weighted by molar-refractivity contribution is 5.85. The summed E-state index contributed by atoms with van der Waals surface area (Å²) in [5, 5.41) is 16.0. The summed E-state index contributed by atoms with van der Waals surface area (Å²) in [6.45, 7) is 2.94. The highest BCUT2D eigenvalue weighted by Crippen LogP contribution is 2.18. The number of nitrogens with one attached hydrogen (secondary N) is 2. The molecular weight excluding hydrogens is 200 g/mol. The first-order valence-electron chi connectivity index (χ1n) is 4.59. The van der Waals surface area contributed by atoms with Crippen molar-refractivity contribution in [2.75, 3.05) is 19.6 Å². The number of piperazine rings is 1. The lowest BCUT2D eigenvalue weighted by molar-refractivity contribution is 0.426. The van der Waals surface area contributed by atoms with Crippen LogP contribution in [0.2, 0.25) is 0 Å². The normalized spacial score (nSPS) is 21.3. The number of benzene rings is 1. The SMILES string of the molecule is Cl.Oc1cccc([C@@H]2CNCCN2)c1. The third kappa shape index (κ3) is 2.61. The maximum absolute atomic E-state index is 9.30. The molecule has 1 atom stereocenters. The van der Waals surface area contributed by atoms with E-state index >= 15 is 0 Å². The molecule has 4 heteroatoms. The molecule has 1 saturated heterocycles. The number of rotatable bonds is 1. The standard InChI is InChI=1S/C10H14N2O.ClH/c13-9-3-1-2-8(6-9)10-7-11-4-5-12-10;/h1-3,6,10-13H,4-5,7H2;1H/t10-;/m0./s1. The lowest BCUT2D eigenvalue weighted by Crippen LogP contribution is -2.42. The van der Waals surface area contributed by atoms with Crippen molar-refractivity contribution in [1.29, 1.82) is 0 Å². The van der Waals surface area contributed by atoms with Gasteiger partial charge < -0.3 is 15.7 Å². The van der Waals surface area contributed by atoms with Crippen molar-refractivity contribution >= 4 is 12.4 Å². The predicted octanol–water partition coefficient (Wildman–Crippen LogP) is 1.05. The molecule has 0 spiro atoms. The Hall–Kier alpha value is -0.770. The third-order valence-corrected chi connectivity index (χ3v) is 2.31. The van der Waals surface area contributed by atoms with Gasteiger partial charge in [-0.3, -0.25) is 0 Å². The monoisotopic (exact) mass is 214 g/mol. The van der Waals surface area contributed by atoms with Crippen LogP contribution in [0, 0.1) is 0 Å². The average molecular weight is 215 g/mol. The molecule has 1 aromatic rings. The van der Waals surface area contributed by atoms with E-state index in [9.17, 15) is 5.11 Å². The summed E-state index contributed by atoms with van der Waals surface area (Å²) in [6.07, 6.45) is 0. The van der Waals surface area contributed by atoms with E-state index < -0.39 is 0 Å². The first-order chi connectivity index (χ1) is 6.36. The van der Waals surface area contributed by atoms with E-state index in [4.69, 9.17) is 0 Å². The molecule has 0 amide bonds. The quantitative estimate of drug-likeness (QED) is 0.655. The molecule has 0 saturated carbocycles. The van der Waals surface area contributed by atoms with Gasteiger partial charge in [-0.15, -0.1) is 12.4 Å². The van der Waals surface area contributed by atoms with Crippen LogP contribution in [0.3, 0.4) is 0 Å². The fourth-order valence-corrected chi connectivity index (χ4v) is 1.63. The van der Waals surface area contributed by atoms with Crippen molar-refractivity contribution in [2.45, 2.75) is 6.04 Å². The van der Waals surface area contributed by atoms with Crippen molar-refractivity contribution < 1.29 is 5.11 Å². The maximum atomic E-state index is 9.30. The Morgan fingerprint density at radius 3 is 2.79 bits per heavy atom. The Bertz CT molecular complexity index is 287. The van der Waals surface area contributed by atoms with Crippen LogP contribution in [0.1, 0.15) is 11.6 Å². The maximum Gasteiger partial charge on any atom is 0.115 e. The fraction of sp³-hybridized carbons (Fsp3) is 0.400. The van der Waals surface area contributed by atoms with E-state index in [0.29, 0.717) is 11.8 Å². The molecule has 78 valence electrons. The number of halogens is 1. The number of phenolic OH excluding ortho intramolecular Hbond substituents is 1. The van der Waals surface area contributed by atoms with Gasteiger partial charge in [0.15, 0.2) is 0 Å². The Kier molecular flexibility index (Phi) is 4.20. The summed E-state index contributed by atoms with van der Waals surface area (Å²) in [5.74, 6) is 0.338. The van der Waals surface area contributed by atoms with Crippen LogP contribution in [0.5, 0.6) is 5.75 Å². The van der Waals surface area contributed by atoms with Gasteiger partial charge in [-0.2, -0.15) is 0 Å². The van der Waals surface area contributed by atoms with Gasteiger partial charge in [0, 0.05) is 25.7 Å². The van der Waals surface area contributed by atoms with Crippen LogP contribution in [-0.4, -0.2) is 24.7 Å². The largest absolute Gasteiger partial charge is 0.508 e. The molecule has 1 aromatic carbocycles. The highest BCUT2D eigenvalue weighted by atomic mass is 35.5. The summed E-state index contributed by atoms with van der Waals surface area (Å²) in [6, 6.07) is 7.75. The van der Waals surface area contributed by atoms with E-state index in [2.05, 4.69) is 10.6 Å². The zero-order chi connectivity index (χ0) is 9.10. The smallest absolute Gasteiger partial charge is 0.115 e. The Morgan fingerprint density at radius 2 is 2.14 bits per heavy atom. The van der Waals surface area contributed by atoms with Crippen molar-refractivity contribution in [2.24, 2.45) is 0 Å². The van der Waals surface area contributed by atoms with Crippen molar-refractivity contribution in [3.8, 4) is 5.75 Å². The predicted molar refractivity (Wildman–Crippen MR) is 59.0 cm³/mol. The highest BCUT2D eigenvalue weighted by Gasteiger charge is 2.13. The first kappa shape index (κ1) is 11.3. The average Bonchev–Trinajstić information content (AvgIpc) is 2.19. The van der Waals surface area contributed by atoms with Crippen LogP contribution in [-0.2, 0) is 0 Å². The lowest BCUT2D eigenvalue weighted by atomic mass is 10.1. The molecule has 1 aliphatic rings. The minimum absolute atomic E-state index is 0. The zero-order valence-corrected chi connectivity index (χ0v) is 8.68. The molecule has 3 N–H and O–H groups in total. The van der Waals surface area contributed by atoms with Crippen LogP contribution in [0.4, 0.5) is 0 Å². The minimum atomic E-state index is 0. The molecule has 0 aromatic heterocycles. The Labute approximate surface area is 89.9 Å². The number of aromatic hydroxyl groups is 1. The molecule has 3 nitrogen and oxygen atoms in total. The van der Waals surface area contributed by atoms with Gasteiger partial charge in [-0.05, 0) is 17.7 Å². The third-order valence-electron chi connectivity index (χ3n) is 2.31. The van der Waals surface area contributed by atoms with Gasteiger partial charge in [0.1, 0.15) is 5.75 Å². The van der Waals surface area contributed by atoms with E-state index in [1.165, 1.54) is 0 Å². The Balaban J connectivity index is 0.000000980. The molecule has 0 unspecified atom stereocenters. The Morgan fingerprint density at radius 1 is 1.29 bits per heavy atom. The number of hydrogen-bond acceptors (Lipinski definition) is 3. The summed E-state index contributed by atoms with van der Waals surface area (Å²) < 4.78 is 0. The zero-order valence-electron chi connectivity index (χ0n) is 7.86. The van der Waals surface area contributed by atoms with E-state index in [1.54, 1.807) is 6.07 Å². The second kappa shape index (κ2) is 5.20. The minimum Gasteiger partial charge on any atom is -0.508 e. The van der Waals surface area contributed by atoms with Crippen molar-refractivity contribution in [3.05, 3.63) is 29.8 Å². The van der Waals surface area contributed by atoms with Gasteiger partial charge in [0.25, 0.3) is 0 Å². The topological polar surface area (TPSA) is 44.3 Å². The lowest BCUT2D eigenvalue weighted by Gasteiger charge is -2.24. The second-order valence-corrected chi connectivity index (χ2v) is 3.31.